The van der Waals surface area contributed by atoms with Crippen molar-refractivity contribution in [3.63, 3.8) is 0 Å². The molecule has 2 heterocycles. The number of esters is 1. The third-order valence-corrected chi connectivity index (χ3v) is 11.9. The molecule has 0 aromatic heterocycles. The predicted molar refractivity (Wildman–Crippen MR) is 265 cm³/mol. The summed E-state index contributed by atoms with van der Waals surface area (Å²) in [6.45, 7) is 3.47. The van der Waals surface area contributed by atoms with Crippen LogP contribution in [0.25, 0.3) is 0 Å². The molecule has 7 N–H and O–H groups in total. The molecule has 392 valence electrons. The van der Waals surface area contributed by atoms with Gasteiger partial charge in [-0.1, -0.05) is 145 Å². The van der Waals surface area contributed by atoms with Crippen molar-refractivity contribution >= 4 is 5.97 Å². The lowest BCUT2D eigenvalue weighted by Crippen LogP contribution is -2.61. The first-order valence-electron chi connectivity index (χ1n) is 26.0. The number of allylic oxidation sites excluding steroid dienone is 12. The lowest BCUT2D eigenvalue weighted by molar-refractivity contribution is -0.332. The van der Waals surface area contributed by atoms with Crippen molar-refractivity contribution in [2.75, 3.05) is 33.0 Å². The van der Waals surface area contributed by atoms with E-state index in [9.17, 15) is 40.5 Å². The summed E-state index contributed by atoms with van der Waals surface area (Å²) in [5, 5.41) is 72.1. The van der Waals surface area contributed by atoms with E-state index in [-0.39, 0.29) is 19.6 Å². The van der Waals surface area contributed by atoms with Gasteiger partial charge in [-0.3, -0.25) is 4.79 Å². The standard InChI is InChI=1S/C54H92O14/c1-3-5-7-9-11-13-15-17-19-20-21-22-24-26-28-30-32-34-36-38-63-40-43(66-46(56)37-35-33-31-29-27-25-23-18-16-14-12-10-8-6-4-2)41-64-53-52(62)50(60)48(58)45(68-53)42-65-54-51(61)49(59)47(57)44(39-55)67-54/h6,8,12-15,18-20,23,27,29,43-45,47-55,57-62H,3-5,7,9-11,16-17,21-22,24-26,28,30-42H2,1-2H3/b8-6-,14-12-,15-13-,20-19-,23-18-,29-27-. The number of rotatable bonds is 40. The summed E-state index contributed by atoms with van der Waals surface area (Å²) >= 11 is 0. The van der Waals surface area contributed by atoms with Crippen molar-refractivity contribution in [1.29, 1.82) is 0 Å². The highest BCUT2D eigenvalue weighted by Gasteiger charge is 2.47. The molecule has 11 unspecified atom stereocenters. The van der Waals surface area contributed by atoms with Crippen LogP contribution in [0.15, 0.2) is 72.9 Å². The molecule has 0 spiro atoms. The Morgan fingerprint density at radius 3 is 1.50 bits per heavy atom. The van der Waals surface area contributed by atoms with Gasteiger partial charge in [-0.15, -0.1) is 0 Å². The van der Waals surface area contributed by atoms with Crippen LogP contribution in [-0.2, 0) is 33.2 Å². The largest absolute Gasteiger partial charge is 0.457 e. The molecule has 0 aromatic rings. The maximum atomic E-state index is 13.0. The molecule has 14 nitrogen and oxygen atoms in total. The highest BCUT2D eigenvalue weighted by atomic mass is 16.7. The maximum absolute atomic E-state index is 13.0. The van der Waals surface area contributed by atoms with Gasteiger partial charge >= 0.3 is 5.97 Å². The van der Waals surface area contributed by atoms with Gasteiger partial charge in [-0.05, 0) is 83.5 Å². The minimum Gasteiger partial charge on any atom is -0.457 e. The van der Waals surface area contributed by atoms with Crippen molar-refractivity contribution in [2.45, 2.75) is 229 Å². The molecule has 11 atom stereocenters. The maximum Gasteiger partial charge on any atom is 0.306 e. The Balaban J connectivity index is 1.78. The number of hydrogen-bond acceptors (Lipinski definition) is 14. The summed E-state index contributed by atoms with van der Waals surface area (Å²) in [7, 11) is 0. The topological polar surface area (TPSA) is 214 Å². The Hall–Kier alpha value is -2.57. The van der Waals surface area contributed by atoms with Crippen LogP contribution < -0.4 is 0 Å². The summed E-state index contributed by atoms with van der Waals surface area (Å²) in [5.41, 5.74) is 0. The van der Waals surface area contributed by atoms with E-state index in [1.807, 2.05) is 0 Å². The molecule has 2 aliphatic rings. The third-order valence-electron chi connectivity index (χ3n) is 11.9. The second-order valence-corrected chi connectivity index (χ2v) is 18.0. The van der Waals surface area contributed by atoms with Gasteiger partial charge in [-0.25, -0.2) is 0 Å². The number of carbonyl (C=O) groups is 1. The van der Waals surface area contributed by atoms with E-state index in [1.165, 1.54) is 64.2 Å². The second kappa shape index (κ2) is 41.1. The van der Waals surface area contributed by atoms with Crippen LogP contribution in [0.1, 0.15) is 162 Å². The summed E-state index contributed by atoms with van der Waals surface area (Å²) in [6, 6.07) is 0. The number of ether oxygens (including phenoxy) is 6. The van der Waals surface area contributed by atoms with E-state index in [0.717, 1.165) is 70.6 Å². The van der Waals surface area contributed by atoms with Crippen molar-refractivity contribution in [3.05, 3.63) is 72.9 Å². The van der Waals surface area contributed by atoms with Gasteiger partial charge in [0.2, 0.25) is 0 Å². The summed E-state index contributed by atoms with van der Waals surface area (Å²) in [5.74, 6) is -0.421. The molecule has 2 saturated heterocycles. The second-order valence-electron chi connectivity index (χ2n) is 18.0. The summed E-state index contributed by atoms with van der Waals surface area (Å²) in [4.78, 5) is 13.0. The van der Waals surface area contributed by atoms with E-state index in [2.05, 4.69) is 86.8 Å². The fraction of sp³-hybridized carbons (Fsp3) is 0.759. The minimum atomic E-state index is -1.72. The molecular weight excluding hydrogens is 873 g/mol. The van der Waals surface area contributed by atoms with Gasteiger partial charge in [0.25, 0.3) is 0 Å². The fourth-order valence-electron chi connectivity index (χ4n) is 7.72. The number of aliphatic hydroxyl groups is 7. The number of carbonyl (C=O) groups excluding carboxylic acids is 1. The fourth-order valence-corrected chi connectivity index (χ4v) is 7.72. The summed E-state index contributed by atoms with van der Waals surface area (Å²) < 4.78 is 34.2. The van der Waals surface area contributed by atoms with Gasteiger partial charge < -0.3 is 64.2 Å². The van der Waals surface area contributed by atoms with Crippen LogP contribution in [0, 0.1) is 0 Å². The SMILES string of the molecule is CC/C=C\C/C=C\C/C=C\C/C=C\CCCCC(=O)OC(COCCCCCCCCCC/C=C\C/C=C\CCCCCC)COC1OC(COC2OC(CO)C(O)C(O)C2O)C(O)C(O)C1O. The highest BCUT2D eigenvalue weighted by Crippen LogP contribution is 2.26. The lowest BCUT2D eigenvalue weighted by Gasteiger charge is -2.42. The van der Waals surface area contributed by atoms with Crippen molar-refractivity contribution < 1.29 is 69.0 Å². The molecule has 0 radical (unpaired) electrons. The minimum absolute atomic E-state index is 0.0368. The Bertz CT molecular complexity index is 1400. The van der Waals surface area contributed by atoms with Crippen LogP contribution in [0.3, 0.4) is 0 Å². The average Bonchev–Trinajstić information content (AvgIpc) is 3.33. The Morgan fingerprint density at radius 2 is 0.956 bits per heavy atom. The quantitative estimate of drug-likeness (QED) is 0.0177. The van der Waals surface area contributed by atoms with Crippen molar-refractivity contribution in [1.82, 2.24) is 0 Å². The van der Waals surface area contributed by atoms with Gasteiger partial charge in [0.1, 0.15) is 54.9 Å². The zero-order valence-corrected chi connectivity index (χ0v) is 41.6. The molecule has 2 fully saturated rings. The molecule has 14 heteroatoms. The summed E-state index contributed by atoms with van der Waals surface area (Å²) in [6.07, 6.45) is 33.9. The Morgan fingerprint density at radius 1 is 0.500 bits per heavy atom. The third kappa shape index (κ3) is 28.3. The van der Waals surface area contributed by atoms with Crippen LogP contribution in [0.4, 0.5) is 0 Å². The molecule has 2 rings (SSSR count). The highest BCUT2D eigenvalue weighted by molar-refractivity contribution is 5.69. The first-order chi connectivity index (χ1) is 33.1. The zero-order valence-electron chi connectivity index (χ0n) is 41.6. The average molecular weight is 965 g/mol. The Kier molecular flexibility index (Phi) is 37.2. The molecule has 2 aliphatic heterocycles. The van der Waals surface area contributed by atoms with E-state index >= 15 is 0 Å². The van der Waals surface area contributed by atoms with Crippen molar-refractivity contribution in [3.8, 4) is 0 Å². The van der Waals surface area contributed by atoms with Crippen LogP contribution in [-0.4, -0.2) is 142 Å². The van der Waals surface area contributed by atoms with Crippen LogP contribution >= 0.6 is 0 Å². The van der Waals surface area contributed by atoms with E-state index < -0.39 is 86.7 Å². The molecule has 68 heavy (non-hydrogen) atoms. The van der Waals surface area contributed by atoms with E-state index in [0.29, 0.717) is 13.0 Å². The molecule has 0 saturated carbocycles. The van der Waals surface area contributed by atoms with Crippen LogP contribution in [0.2, 0.25) is 0 Å². The van der Waals surface area contributed by atoms with Gasteiger partial charge in [0, 0.05) is 13.0 Å². The molecule has 0 aliphatic carbocycles. The predicted octanol–water partition coefficient (Wildman–Crippen LogP) is 7.90. The first-order valence-corrected chi connectivity index (χ1v) is 26.0. The molecule has 0 amide bonds. The van der Waals surface area contributed by atoms with Gasteiger partial charge in [0.15, 0.2) is 12.6 Å². The monoisotopic (exact) mass is 965 g/mol. The smallest absolute Gasteiger partial charge is 0.306 e. The van der Waals surface area contributed by atoms with Crippen LogP contribution in [0.5, 0.6) is 0 Å². The zero-order chi connectivity index (χ0) is 49.5. The number of aliphatic hydroxyl groups excluding tert-OH is 7. The number of hydrogen-bond donors (Lipinski definition) is 7. The Labute approximate surface area is 408 Å². The van der Waals surface area contributed by atoms with E-state index in [4.69, 9.17) is 28.4 Å². The van der Waals surface area contributed by atoms with Gasteiger partial charge in [0.05, 0.1) is 26.4 Å². The normalized spacial score (nSPS) is 26.5. The number of unbranched alkanes of at least 4 members (excludes halogenated alkanes) is 14. The van der Waals surface area contributed by atoms with Crippen molar-refractivity contribution in [2.24, 2.45) is 0 Å². The van der Waals surface area contributed by atoms with E-state index in [1.54, 1.807) is 0 Å². The molecule has 0 aromatic carbocycles. The van der Waals surface area contributed by atoms with Gasteiger partial charge in [-0.2, -0.15) is 0 Å². The lowest BCUT2D eigenvalue weighted by atomic mass is 9.98. The molecular formula is C54H92O14. The molecule has 0 bridgehead atoms. The first kappa shape index (κ1) is 61.5.